The summed E-state index contributed by atoms with van der Waals surface area (Å²) in [6.45, 7) is 0.154. The molecule has 0 heterocycles. The summed E-state index contributed by atoms with van der Waals surface area (Å²) in [7, 11) is 0. The quantitative estimate of drug-likeness (QED) is 0.671. The summed E-state index contributed by atoms with van der Waals surface area (Å²) in [5.74, 6) is 0.278. The molecule has 0 radical (unpaired) electrons. The highest BCUT2D eigenvalue weighted by Crippen LogP contribution is 2.24. The molecule has 3 nitrogen and oxygen atoms in total. The van der Waals surface area contributed by atoms with E-state index in [1.165, 1.54) is 0 Å². The Morgan fingerprint density at radius 2 is 1.83 bits per heavy atom. The molecular weight excluding hydrogens is 178 g/mol. The maximum absolute atomic E-state index is 11.1. The molecule has 0 bridgehead atoms. The van der Waals surface area contributed by atoms with E-state index in [0.29, 0.717) is 0 Å². The van der Waals surface area contributed by atoms with Crippen LogP contribution in [0.3, 0.4) is 0 Å². The Bertz CT molecular complexity index is 144. The molecule has 0 spiro atoms. The predicted molar refractivity (Wildman–Crippen MR) is 49.3 cm³/mol. The molecule has 4 heteroatoms. The monoisotopic (exact) mass is 193 g/mol. The van der Waals surface area contributed by atoms with Gasteiger partial charge in [0.15, 0.2) is 0 Å². The van der Waals surface area contributed by atoms with Gasteiger partial charge in [-0.25, -0.2) is 0 Å². The number of Topliss-reactive ketones (excluding diaryl/α,β-unsaturated/α-hetero) is 1. The molecule has 0 aromatic carbocycles. The lowest BCUT2D eigenvalue weighted by Gasteiger charge is -2.23. The first-order valence-corrected chi connectivity index (χ1v) is 4.15. The molecule has 12 heavy (non-hydrogen) atoms. The predicted octanol–water partition coefficient (Wildman–Crippen LogP) is 0.487. The molecule has 0 saturated heterocycles. The average Bonchev–Trinajstić information content (AvgIpc) is 2.05. The molecule has 0 aromatic rings. The molecule has 0 atom stereocenters. The maximum Gasteiger partial charge on any atom is 0.149 e. The highest BCUT2D eigenvalue weighted by molar-refractivity contribution is 5.85. The van der Waals surface area contributed by atoms with Crippen molar-refractivity contribution in [3.05, 3.63) is 0 Å². The minimum absolute atomic E-state index is 0. The van der Waals surface area contributed by atoms with E-state index in [2.05, 4.69) is 0 Å². The van der Waals surface area contributed by atoms with Gasteiger partial charge < -0.3 is 10.8 Å². The van der Waals surface area contributed by atoms with Crippen molar-refractivity contribution in [2.45, 2.75) is 31.8 Å². The molecule has 72 valence electrons. The zero-order chi connectivity index (χ0) is 8.27. The topological polar surface area (TPSA) is 63.3 Å². The Labute approximate surface area is 78.7 Å². The van der Waals surface area contributed by atoms with Crippen LogP contribution in [0.4, 0.5) is 0 Å². The third-order valence-electron chi connectivity index (χ3n) is 2.35. The van der Waals surface area contributed by atoms with Gasteiger partial charge in [0.1, 0.15) is 5.78 Å². The van der Waals surface area contributed by atoms with Gasteiger partial charge in [0, 0.05) is 5.92 Å². The van der Waals surface area contributed by atoms with Gasteiger partial charge in [0.05, 0.1) is 12.6 Å². The van der Waals surface area contributed by atoms with E-state index in [0.717, 1.165) is 25.7 Å². The first-order valence-electron chi connectivity index (χ1n) is 4.15. The number of carbonyl (C=O) groups excluding carboxylic acids is 1. The van der Waals surface area contributed by atoms with Crippen LogP contribution in [-0.4, -0.2) is 23.5 Å². The van der Waals surface area contributed by atoms with E-state index < -0.39 is 0 Å². The van der Waals surface area contributed by atoms with Gasteiger partial charge in [-0.05, 0) is 25.7 Å². The van der Waals surface area contributed by atoms with Gasteiger partial charge in [0.25, 0.3) is 0 Å². The van der Waals surface area contributed by atoms with Crippen LogP contribution in [0.1, 0.15) is 25.7 Å². The number of hydrogen-bond acceptors (Lipinski definition) is 3. The van der Waals surface area contributed by atoms with E-state index >= 15 is 0 Å². The molecule has 1 aliphatic rings. The average molecular weight is 194 g/mol. The number of hydrogen-bond donors (Lipinski definition) is 2. The minimum Gasteiger partial charge on any atom is -0.393 e. The highest BCUT2D eigenvalue weighted by Gasteiger charge is 2.23. The zero-order valence-electron chi connectivity index (χ0n) is 7.03. The van der Waals surface area contributed by atoms with Crippen LogP contribution < -0.4 is 5.73 Å². The third-order valence-corrected chi connectivity index (χ3v) is 2.35. The van der Waals surface area contributed by atoms with Crippen molar-refractivity contribution in [1.29, 1.82) is 0 Å². The smallest absolute Gasteiger partial charge is 0.149 e. The summed E-state index contributed by atoms with van der Waals surface area (Å²) in [6, 6.07) is 0. The van der Waals surface area contributed by atoms with Crippen LogP contribution in [0, 0.1) is 5.92 Å². The van der Waals surface area contributed by atoms with Gasteiger partial charge in [0.2, 0.25) is 0 Å². The summed E-state index contributed by atoms with van der Waals surface area (Å²) in [5, 5.41) is 9.14. The van der Waals surface area contributed by atoms with E-state index in [4.69, 9.17) is 10.8 Å². The van der Waals surface area contributed by atoms with Gasteiger partial charge in [-0.15, -0.1) is 12.4 Å². The summed E-state index contributed by atoms with van der Waals surface area (Å²) >= 11 is 0. The van der Waals surface area contributed by atoms with Crippen LogP contribution in [0.25, 0.3) is 0 Å². The van der Waals surface area contributed by atoms with Crippen molar-refractivity contribution in [2.24, 2.45) is 11.7 Å². The zero-order valence-corrected chi connectivity index (χ0v) is 7.85. The minimum atomic E-state index is -0.183. The second-order valence-electron chi connectivity index (χ2n) is 3.18. The number of ketones is 1. The molecule has 0 amide bonds. The fourth-order valence-electron chi connectivity index (χ4n) is 1.56. The fourth-order valence-corrected chi connectivity index (χ4v) is 1.56. The summed E-state index contributed by atoms with van der Waals surface area (Å²) in [5.41, 5.74) is 5.23. The number of halogens is 1. The van der Waals surface area contributed by atoms with Crippen molar-refractivity contribution >= 4 is 18.2 Å². The molecule has 3 N–H and O–H groups in total. The molecule has 1 fully saturated rings. The van der Waals surface area contributed by atoms with E-state index in [9.17, 15) is 4.79 Å². The highest BCUT2D eigenvalue weighted by atomic mass is 35.5. The van der Waals surface area contributed by atoms with Gasteiger partial charge >= 0.3 is 0 Å². The molecule has 0 aromatic heterocycles. The first-order chi connectivity index (χ1) is 5.24. The SMILES string of the molecule is Cl.NCC(=O)C1CCC(O)CC1. The molecular formula is C8H16ClNO2. The van der Waals surface area contributed by atoms with Gasteiger partial charge in [-0.1, -0.05) is 0 Å². The summed E-state index contributed by atoms with van der Waals surface area (Å²) < 4.78 is 0. The van der Waals surface area contributed by atoms with E-state index in [1.54, 1.807) is 0 Å². The van der Waals surface area contributed by atoms with Crippen LogP contribution in [0.2, 0.25) is 0 Å². The van der Waals surface area contributed by atoms with Crippen molar-refractivity contribution in [2.75, 3.05) is 6.54 Å². The number of aliphatic hydroxyl groups excluding tert-OH is 1. The normalized spacial score (nSPS) is 29.2. The number of nitrogens with two attached hydrogens (primary N) is 1. The van der Waals surface area contributed by atoms with Crippen molar-refractivity contribution in [1.82, 2.24) is 0 Å². The second-order valence-corrected chi connectivity index (χ2v) is 3.18. The largest absolute Gasteiger partial charge is 0.393 e. The lowest BCUT2D eigenvalue weighted by Crippen LogP contribution is -2.28. The second kappa shape index (κ2) is 5.51. The van der Waals surface area contributed by atoms with E-state index in [-0.39, 0.29) is 36.8 Å². The van der Waals surface area contributed by atoms with Gasteiger partial charge in [-0.3, -0.25) is 4.79 Å². The molecule has 1 saturated carbocycles. The molecule has 0 aliphatic heterocycles. The standard InChI is InChI=1S/C8H15NO2.ClH/c9-5-8(11)6-1-3-7(10)4-2-6;/h6-7,10H,1-5,9H2;1H. The Morgan fingerprint density at radius 1 is 1.33 bits per heavy atom. The summed E-state index contributed by atoms with van der Waals surface area (Å²) in [4.78, 5) is 11.1. The molecule has 1 rings (SSSR count). The van der Waals surface area contributed by atoms with Crippen LogP contribution in [0.15, 0.2) is 0 Å². The van der Waals surface area contributed by atoms with Crippen molar-refractivity contribution in [3.63, 3.8) is 0 Å². The fraction of sp³-hybridized carbons (Fsp3) is 0.875. The number of aliphatic hydroxyl groups is 1. The Balaban J connectivity index is 0.00000121. The van der Waals surface area contributed by atoms with Gasteiger partial charge in [-0.2, -0.15) is 0 Å². The maximum atomic E-state index is 11.1. The third kappa shape index (κ3) is 3.09. The lowest BCUT2D eigenvalue weighted by atomic mass is 9.85. The van der Waals surface area contributed by atoms with Crippen LogP contribution in [0.5, 0.6) is 0 Å². The molecule has 1 aliphatic carbocycles. The summed E-state index contributed by atoms with van der Waals surface area (Å²) in [6.07, 6.45) is 2.97. The van der Waals surface area contributed by atoms with Crippen LogP contribution >= 0.6 is 12.4 Å². The number of carbonyl (C=O) groups is 1. The van der Waals surface area contributed by atoms with E-state index in [1.807, 2.05) is 0 Å². The van der Waals surface area contributed by atoms with Crippen molar-refractivity contribution in [3.8, 4) is 0 Å². The Kier molecular flexibility index (Phi) is 5.46. The number of rotatable bonds is 2. The lowest BCUT2D eigenvalue weighted by molar-refractivity contribution is -0.123. The Hall–Kier alpha value is -0.120. The molecule has 0 unspecified atom stereocenters. The van der Waals surface area contributed by atoms with Crippen molar-refractivity contribution < 1.29 is 9.90 Å². The Morgan fingerprint density at radius 3 is 2.25 bits per heavy atom. The first kappa shape index (κ1) is 11.9. The van der Waals surface area contributed by atoms with Crippen LogP contribution in [-0.2, 0) is 4.79 Å².